The predicted molar refractivity (Wildman–Crippen MR) is 188 cm³/mol. The highest BCUT2D eigenvalue weighted by atomic mass is 35.5. The van der Waals surface area contributed by atoms with Crippen LogP contribution in [0.15, 0.2) is 72.8 Å². The standard InChI is InChI=1S/C39H36ClFN6O2/c1-47-34-12-10-27(42-38(48)24-8-11-32-28(17-24)36(46-45-32)23-5-6-23)19-33(34)44-37(47)29-20-39(29)15-13-22(14-16-39)31-3-2-4-35(43-31)49-21-25-7-9-26(40)18-30(25)41/h2-4,7-12,17-19,22-23,29H,5-6,13-16,20-21H2,1H3,(H,42,48)(H,45,46). The van der Waals surface area contributed by atoms with Gasteiger partial charge in [-0.2, -0.15) is 5.10 Å². The maximum atomic E-state index is 14.2. The Kier molecular flexibility index (Phi) is 7.23. The Hall–Kier alpha value is -4.76. The lowest BCUT2D eigenvalue weighted by Crippen LogP contribution is -2.17. The molecule has 1 amide bonds. The molecule has 1 spiro atoms. The lowest BCUT2D eigenvalue weighted by molar-refractivity contribution is 0.102. The van der Waals surface area contributed by atoms with E-state index < -0.39 is 0 Å². The van der Waals surface area contributed by atoms with Gasteiger partial charge >= 0.3 is 0 Å². The number of anilines is 1. The summed E-state index contributed by atoms with van der Waals surface area (Å²) >= 11 is 5.88. The fraction of sp³-hybridized carbons (Fsp3) is 0.333. The van der Waals surface area contributed by atoms with Crippen molar-refractivity contribution in [2.75, 3.05) is 5.32 Å². The van der Waals surface area contributed by atoms with Crippen LogP contribution >= 0.6 is 11.6 Å². The number of hydrogen-bond donors (Lipinski definition) is 2. The molecule has 248 valence electrons. The molecule has 3 aromatic carbocycles. The molecule has 2 N–H and O–H groups in total. The average Bonchev–Trinajstić information content (AvgIpc) is 4.00. The Labute approximate surface area is 288 Å². The summed E-state index contributed by atoms with van der Waals surface area (Å²) in [6.45, 7) is 0.101. The minimum atomic E-state index is -0.380. The lowest BCUT2D eigenvalue weighted by atomic mass is 9.77. The number of fused-ring (bicyclic) bond motifs is 2. The summed E-state index contributed by atoms with van der Waals surface area (Å²) in [6, 6.07) is 22.2. The van der Waals surface area contributed by atoms with Crippen molar-refractivity contribution in [2.24, 2.45) is 12.5 Å². The zero-order valence-electron chi connectivity index (χ0n) is 27.2. The Morgan fingerprint density at radius 3 is 2.67 bits per heavy atom. The van der Waals surface area contributed by atoms with Crippen LogP contribution in [0.3, 0.4) is 0 Å². The number of ether oxygens (including phenoxy) is 1. The third-order valence-corrected chi connectivity index (χ3v) is 11.3. The minimum Gasteiger partial charge on any atom is -0.473 e. The zero-order chi connectivity index (χ0) is 33.3. The van der Waals surface area contributed by atoms with E-state index in [0.717, 1.165) is 76.9 Å². The molecule has 0 radical (unpaired) electrons. The number of aryl methyl sites for hydroxylation is 1. The van der Waals surface area contributed by atoms with Gasteiger partial charge in [-0.3, -0.25) is 9.89 Å². The van der Waals surface area contributed by atoms with Crippen LogP contribution in [-0.2, 0) is 13.7 Å². The second-order valence-electron chi connectivity index (χ2n) is 14.1. The van der Waals surface area contributed by atoms with E-state index in [1.54, 1.807) is 12.1 Å². The van der Waals surface area contributed by atoms with Gasteiger partial charge in [-0.15, -0.1) is 0 Å². The molecule has 3 aromatic heterocycles. The number of pyridine rings is 1. The first-order valence-electron chi connectivity index (χ1n) is 17.1. The largest absolute Gasteiger partial charge is 0.473 e. The summed E-state index contributed by atoms with van der Waals surface area (Å²) in [7, 11) is 2.10. The molecule has 1 atom stereocenters. The minimum absolute atomic E-state index is 0.101. The highest BCUT2D eigenvalue weighted by Crippen LogP contribution is 2.67. The number of aromatic amines is 1. The fourth-order valence-electron chi connectivity index (χ4n) is 7.95. The molecule has 3 aliphatic rings. The number of nitrogens with one attached hydrogen (secondary N) is 2. The summed E-state index contributed by atoms with van der Waals surface area (Å²) in [4.78, 5) is 23.2. The highest BCUT2D eigenvalue weighted by molar-refractivity contribution is 6.30. The van der Waals surface area contributed by atoms with Crippen LogP contribution in [0.2, 0.25) is 5.02 Å². The average molecular weight is 675 g/mol. The van der Waals surface area contributed by atoms with E-state index in [-0.39, 0.29) is 23.7 Å². The van der Waals surface area contributed by atoms with Crippen LogP contribution in [0.25, 0.3) is 21.9 Å². The van der Waals surface area contributed by atoms with Crippen molar-refractivity contribution < 1.29 is 13.9 Å². The number of rotatable bonds is 8. The molecule has 3 heterocycles. The van der Waals surface area contributed by atoms with E-state index >= 15 is 0 Å². The van der Waals surface area contributed by atoms with E-state index in [4.69, 9.17) is 26.3 Å². The van der Waals surface area contributed by atoms with Crippen molar-refractivity contribution in [3.05, 3.63) is 112 Å². The maximum absolute atomic E-state index is 14.2. The number of halogens is 2. The number of amides is 1. The topological polar surface area (TPSA) is 97.7 Å². The van der Waals surface area contributed by atoms with Crippen molar-refractivity contribution in [3.63, 3.8) is 0 Å². The molecule has 0 saturated heterocycles. The van der Waals surface area contributed by atoms with Gasteiger partial charge in [0.15, 0.2) is 0 Å². The van der Waals surface area contributed by atoms with E-state index in [0.29, 0.717) is 39.8 Å². The van der Waals surface area contributed by atoms with Crippen LogP contribution in [0.1, 0.15) is 95.8 Å². The molecular weight excluding hydrogens is 639 g/mol. The van der Waals surface area contributed by atoms with Gasteiger partial charge in [-0.1, -0.05) is 23.7 Å². The van der Waals surface area contributed by atoms with E-state index in [9.17, 15) is 9.18 Å². The molecule has 6 aromatic rings. The lowest BCUT2D eigenvalue weighted by Gasteiger charge is -2.29. The van der Waals surface area contributed by atoms with Gasteiger partial charge in [0.05, 0.1) is 16.6 Å². The van der Waals surface area contributed by atoms with Gasteiger partial charge in [0, 0.05) is 69.5 Å². The third-order valence-electron chi connectivity index (χ3n) is 11.0. The molecule has 0 aliphatic heterocycles. The van der Waals surface area contributed by atoms with Gasteiger partial charge in [0.1, 0.15) is 18.2 Å². The number of H-pyrrole nitrogens is 1. The zero-order valence-corrected chi connectivity index (χ0v) is 27.9. The summed E-state index contributed by atoms with van der Waals surface area (Å²) in [6.07, 6.45) is 7.85. The van der Waals surface area contributed by atoms with Gasteiger partial charge < -0.3 is 14.6 Å². The smallest absolute Gasteiger partial charge is 0.255 e. The third kappa shape index (κ3) is 5.63. The van der Waals surface area contributed by atoms with Crippen LogP contribution in [0.5, 0.6) is 5.88 Å². The molecule has 8 nitrogen and oxygen atoms in total. The highest BCUT2D eigenvalue weighted by Gasteiger charge is 2.57. The monoisotopic (exact) mass is 674 g/mol. The van der Waals surface area contributed by atoms with E-state index in [1.165, 1.54) is 18.9 Å². The molecule has 49 heavy (non-hydrogen) atoms. The summed E-state index contributed by atoms with van der Waals surface area (Å²) in [5, 5.41) is 12.1. The van der Waals surface area contributed by atoms with Crippen LogP contribution in [-0.4, -0.2) is 30.6 Å². The van der Waals surface area contributed by atoms with Crippen molar-refractivity contribution in [1.82, 2.24) is 24.7 Å². The van der Waals surface area contributed by atoms with Crippen molar-refractivity contribution in [3.8, 4) is 5.88 Å². The fourth-order valence-corrected chi connectivity index (χ4v) is 8.11. The number of imidazole rings is 1. The normalized spacial score (nSPS) is 21.8. The van der Waals surface area contributed by atoms with Gasteiger partial charge in [-0.25, -0.2) is 14.4 Å². The predicted octanol–water partition coefficient (Wildman–Crippen LogP) is 9.18. The number of aromatic nitrogens is 5. The second-order valence-corrected chi connectivity index (χ2v) is 14.6. The van der Waals surface area contributed by atoms with Gasteiger partial charge in [0.25, 0.3) is 5.91 Å². The van der Waals surface area contributed by atoms with Gasteiger partial charge in [-0.05, 0) is 105 Å². The molecule has 3 saturated carbocycles. The Bertz CT molecular complexity index is 2250. The van der Waals surface area contributed by atoms with Crippen molar-refractivity contribution in [1.29, 1.82) is 0 Å². The first-order valence-corrected chi connectivity index (χ1v) is 17.5. The number of hydrogen-bond acceptors (Lipinski definition) is 5. The van der Waals surface area contributed by atoms with Crippen LogP contribution in [0.4, 0.5) is 10.1 Å². The Balaban J connectivity index is 0.851. The molecule has 0 bridgehead atoms. The summed E-state index contributed by atoms with van der Waals surface area (Å²) in [5.41, 5.74) is 7.11. The SMILES string of the molecule is Cn1c(C2CC23CCC(c2cccc(OCc4ccc(Cl)cc4F)n2)CC3)nc2cc(NC(=O)c3ccc4n[nH]c(C5CC5)c4c3)ccc21. The quantitative estimate of drug-likeness (QED) is 0.168. The summed E-state index contributed by atoms with van der Waals surface area (Å²) < 4.78 is 22.3. The molecule has 1 unspecified atom stereocenters. The van der Waals surface area contributed by atoms with E-state index in [1.807, 2.05) is 42.5 Å². The molecule has 3 aliphatic carbocycles. The number of carbonyl (C=O) groups is 1. The van der Waals surface area contributed by atoms with Crippen molar-refractivity contribution >= 4 is 45.1 Å². The number of benzene rings is 3. The molecule has 9 rings (SSSR count). The first kappa shape index (κ1) is 30.3. The van der Waals surface area contributed by atoms with E-state index in [2.05, 4.69) is 39.3 Å². The number of nitrogens with zero attached hydrogens (tertiary/aromatic N) is 4. The van der Waals surface area contributed by atoms with Crippen LogP contribution < -0.4 is 10.1 Å². The Morgan fingerprint density at radius 1 is 1.00 bits per heavy atom. The van der Waals surface area contributed by atoms with Crippen LogP contribution in [0, 0.1) is 11.2 Å². The van der Waals surface area contributed by atoms with Gasteiger partial charge in [0.2, 0.25) is 5.88 Å². The maximum Gasteiger partial charge on any atom is 0.255 e. The molecule has 10 heteroatoms. The summed E-state index contributed by atoms with van der Waals surface area (Å²) in [5.74, 6) is 2.42. The number of carbonyl (C=O) groups excluding carboxylic acids is 1. The second kappa shape index (κ2) is 11.7. The Morgan fingerprint density at radius 2 is 1.86 bits per heavy atom. The molecule has 3 fully saturated rings. The first-order chi connectivity index (χ1) is 23.8. The van der Waals surface area contributed by atoms with Crippen molar-refractivity contribution in [2.45, 2.75) is 69.3 Å². The molecular formula is C39H36ClFN6O2.